The molecule has 1 aliphatic carbocycles. The molecule has 1 N–H and O–H groups in total. The first-order valence-electron chi connectivity index (χ1n) is 8.83. The molecule has 2 heterocycles. The van der Waals surface area contributed by atoms with Gasteiger partial charge in [-0.05, 0) is 38.1 Å². The van der Waals surface area contributed by atoms with Crippen LogP contribution in [0.5, 0.6) is 0 Å². The van der Waals surface area contributed by atoms with Crippen molar-refractivity contribution < 1.29 is 4.52 Å². The summed E-state index contributed by atoms with van der Waals surface area (Å²) >= 11 is 0. The van der Waals surface area contributed by atoms with E-state index in [4.69, 9.17) is 4.52 Å². The van der Waals surface area contributed by atoms with Gasteiger partial charge in [0.25, 0.3) is 0 Å². The summed E-state index contributed by atoms with van der Waals surface area (Å²) in [7, 11) is 0. The fraction of sp³-hybridized carbons (Fsp3) is 0.526. The van der Waals surface area contributed by atoms with Crippen molar-refractivity contribution in [2.24, 2.45) is 5.92 Å². The summed E-state index contributed by atoms with van der Waals surface area (Å²) in [6, 6.07) is 13.0. The summed E-state index contributed by atoms with van der Waals surface area (Å²) in [5.74, 6) is 1.94. The summed E-state index contributed by atoms with van der Waals surface area (Å²) in [4.78, 5) is 2.48. The van der Waals surface area contributed by atoms with Gasteiger partial charge in [-0.15, -0.1) is 0 Å². The zero-order valence-corrected chi connectivity index (χ0v) is 13.6. The molecular formula is C19H25N3O. The summed E-state index contributed by atoms with van der Waals surface area (Å²) in [6.45, 7) is 4.38. The zero-order valence-electron chi connectivity index (χ0n) is 13.6. The molecule has 0 bridgehead atoms. The molecule has 0 atom stereocenters. The Bertz CT molecular complexity index is 613. The van der Waals surface area contributed by atoms with E-state index in [1.807, 2.05) is 18.2 Å². The lowest BCUT2D eigenvalue weighted by Gasteiger charge is -2.31. The van der Waals surface area contributed by atoms with E-state index in [1.54, 1.807) is 0 Å². The molecule has 4 nitrogen and oxygen atoms in total. The van der Waals surface area contributed by atoms with Crippen LogP contribution in [0.1, 0.15) is 31.4 Å². The Hall–Kier alpha value is -1.65. The molecule has 4 heteroatoms. The van der Waals surface area contributed by atoms with Crippen molar-refractivity contribution in [1.82, 2.24) is 15.4 Å². The fourth-order valence-corrected chi connectivity index (χ4v) is 3.30. The maximum Gasteiger partial charge on any atom is 0.151 e. The van der Waals surface area contributed by atoms with E-state index in [1.165, 1.54) is 32.2 Å². The van der Waals surface area contributed by atoms with Gasteiger partial charge >= 0.3 is 0 Å². The predicted octanol–water partition coefficient (Wildman–Crippen LogP) is 3.31. The van der Waals surface area contributed by atoms with Crippen LogP contribution in [-0.2, 0) is 6.54 Å². The number of aromatic nitrogens is 1. The van der Waals surface area contributed by atoms with Crippen molar-refractivity contribution >= 4 is 0 Å². The van der Waals surface area contributed by atoms with Gasteiger partial charge in [-0.3, -0.25) is 4.90 Å². The molecule has 1 saturated carbocycles. The highest BCUT2D eigenvalue weighted by molar-refractivity contribution is 5.58. The number of benzene rings is 1. The third-order valence-corrected chi connectivity index (χ3v) is 4.99. The molecule has 2 fully saturated rings. The molecule has 4 rings (SSSR count). The minimum atomic E-state index is 0.710. The Labute approximate surface area is 137 Å². The molecule has 0 amide bonds. The topological polar surface area (TPSA) is 41.3 Å². The van der Waals surface area contributed by atoms with Crippen LogP contribution in [0.3, 0.4) is 0 Å². The number of nitrogens with zero attached hydrogens (tertiary/aromatic N) is 2. The second kappa shape index (κ2) is 6.85. The summed E-state index contributed by atoms with van der Waals surface area (Å²) in [5.41, 5.74) is 2.05. The molecule has 1 aromatic carbocycles. The number of rotatable bonds is 6. The van der Waals surface area contributed by atoms with E-state index in [0.29, 0.717) is 6.04 Å². The van der Waals surface area contributed by atoms with Crippen molar-refractivity contribution in [2.75, 3.05) is 19.6 Å². The first-order valence-corrected chi connectivity index (χ1v) is 8.83. The Morgan fingerprint density at radius 1 is 1.09 bits per heavy atom. The number of hydrogen-bond acceptors (Lipinski definition) is 4. The molecule has 0 spiro atoms. The van der Waals surface area contributed by atoms with E-state index in [2.05, 4.69) is 33.6 Å². The lowest BCUT2D eigenvalue weighted by atomic mass is 10.0. The standard InChI is InChI=1S/C19H25N3O/c1-2-4-16(5-3-1)19-12-18(23-21-19)14-22-10-8-17(9-11-22)20-13-15-6-7-15/h1-5,12,15,17,20H,6-11,13-14H2. The van der Waals surface area contributed by atoms with Crippen LogP contribution in [0.2, 0.25) is 0 Å². The first-order chi connectivity index (χ1) is 11.4. The lowest BCUT2D eigenvalue weighted by molar-refractivity contribution is 0.173. The minimum absolute atomic E-state index is 0.710. The second-order valence-corrected chi connectivity index (χ2v) is 6.95. The number of nitrogens with one attached hydrogen (secondary N) is 1. The Kier molecular flexibility index (Phi) is 4.44. The second-order valence-electron chi connectivity index (χ2n) is 6.95. The van der Waals surface area contributed by atoms with Gasteiger partial charge < -0.3 is 9.84 Å². The van der Waals surface area contributed by atoms with Crippen molar-refractivity contribution in [3.05, 3.63) is 42.2 Å². The van der Waals surface area contributed by atoms with Crippen molar-refractivity contribution in [3.8, 4) is 11.3 Å². The van der Waals surface area contributed by atoms with Crippen molar-refractivity contribution in [3.63, 3.8) is 0 Å². The largest absolute Gasteiger partial charge is 0.359 e. The average Bonchev–Trinajstić information content (AvgIpc) is 3.32. The normalized spacial score (nSPS) is 20.0. The minimum Gasteiger partial charge on any atom is -0.359 e. The maximum atomic E-state index is 5.53. The van der Waals surface area contributed by atoms with Crippen LogP contribution in [-0.4, -0.2) is 35.7 Å². The van der Waals surface area contributed by atoms with E-state index >= 15 is 0 Å². The highest BCUT2D eigenvalue weighted by atomic mass is 16.5. The molecule has 2 aliphatic rings. The van der Waals surface area contributed by atoms with Crippen molar-refractivity contribution in [1.29, 1.82) is 0 Å². The van der Waals surface area contributed by atoms with Gasteiger partial charge in [0.15, 0.2) is 5.76 Å². The molecule has 1 aliphatic heterocycles. The van der Waals surface area contributed by atoms with Crippen LogP contribution in [0.15, 0.2) is 40.9 Å². The van der Waals surface area contributed by atoms with Crippen LogP contribution < -0.4 is 5.32 Å². The summed E-state index contributed by atoms with van der Waals surface area (Å²) in [6.07, 6.45) is 5.35. The van der Waals surface area contributed by atoms with Crippen LogP contribution in [0, 0.1) is 5.92 Å². The van der Waals surface area contributed by atoms with Gasteiger partial charge in [0.05, 0.1) is 6.54 Å². The van der Waals surface area contributed by atoms with Crippen LogP contribution in [0.4, 0.5) is 0 Å². The SMILES string of the molecule is c1ccc(-c2cc(CN3CCC(NCC4CC4)CC3)on2)cc1. The quantitative estimate of drug-likeness (QED) is 0.888. The number of piperidine rings is 1. The predicted molar refractivity (Wildman–Crippen MR) is 91.0 cm³/mol. The Morgan fingerprint density at radius 2 is 1.87 bits per heavy atom. The highest BCUT2D eigenvalue weighted by Crippen LogP contribution is 2.28. The van der Waals surface area contributed by atoms with Crippen LogP contribution in [0.25, 0.3) is 11.3 Å². The maximum absolute atomic E-state index is 5.53. The molecule has 1 saturated heterocycles. The van der Waals surface area contributed by atoms with Crippen LogP contribution >= 0.6 is 0 Å². The smallest absolute Gasteiger partial charge is 0.151 e. The summed E-state index contributed by atoms with van der Waals surface area (Å²) < 4.78 is 5.53. The van der Waals surface area contributed by atoms with Gasteiger partial charge in [0.2, 0.25) is 0 Å². The van der Waals surface area contributed by atoms with Gasteiger partial charge in [-0.25, -0.2) is 0 Å². The third-order valence-electron chi connectivity index (χ3n) is 4.99. The monoisotopic (exact) mass is 311 g/mol. The number of likely N-dealkylation sites (tertiary alicyclic amines) is 1. The Balaban J connectivity index is 1.27. The van der Waals surface area contributed by atoms with E-state index in [0.717, 1.165) is 42.6 Å². The van der Waals surface area contributed by atoms with Gasteiger partial charge in [-0.2, -0.15) is 0 Å². The molecule has 122 valence electrons. The van der Waals surface area contributed by atoms with E-state index < -0.39 is 0 Å². The molecule has 2 aromatic rings. The molecular weight excluding hydrogens is 286 g/mol. The zero-order chi connectivity index (χ0) is 15.5. The molecule has 0 unspecified atom stereocenters. The summed E-state index contributed by atoms with van der Waals surface area (Å²) in [5, 5.41) is 7.94. The van der Waals surface area contributed by atoms with Gasteiger partial charge in [0.1, 0.15) is 5.69 Å². The van der Waals surface area contributed by atoms with Crippen molar-refractivity contribution in [2.45, 2.75) is 38.3 Å². The average molecular weight is 311 g/mol. The van der Waals surface area contributed by atoms with E-state index in [9.17, 15) is 0 Å². The molecule has 0 radical (unpaired) electrons. The van der Waals surface area contributed by atoms with Gasteiger partial charge in [-0.1, -0.05) is 35.5 Å². The fourth-order valence-electron chi connectivity index (χ4n) is 3.30. The molecule has 1 aromatic heterocycles. The highest BCUT2D eigenvalue weighted by Gasteiger charge is 2.24. The lowest BCUT2D eigenvalue weighted by Crippen LogP contribution is -2.42. The van der Waals surface area contributed by atoms with Gasteiger partial charge in [0, 0.05) is 30.8 Å². The first kappa shape index (κ1) is 14.9. The third kappa shape index (κ3) is 4.01. The number of hydrogen-bond donors (Lipinski definition) is 1. The molecule has 23 heavy (non-hydrogen) atoms. The Morgan fingerprint density at radius 3 is 2.61 bits per heavy atom. The van der Waals surface area contributed by atoms with E-state index in [-0.39, 0.29) is 0 Å².